The van der Waals surface area contributed by atoms with E-state index in [0.29, 0.717) is 23.8 Å². The average molecular weight is 391 g/mol. The van der Waals surface area contributed by atoms with E-state index in [0.717, 1.165) is 24.0 Å². The van der Waals surface area contributed by atoms with E-state index in [-0.39, 0.29) is 5.57 Å². The number of para-hydroxylation sites is 1. The number of carbonyl (C=O) groups is 1. The summed E-state index contributed by atoms with van der Waals surface area (Å²) in [5.41, 5.74) is 2.90. The van der Waals surface area contributed by atoms with E-state index in [4.69, 9.17) is 14.0 Å². The van der Waals surface area contributed by atoms with Crippen LogP contribution in [0.2, 0.25) is 0 Å². The maximum Gasteiger partial charge on any atom is 0.337 e. The van der Waals surface area contributed by atoms with Crippen LogP contribution in [0.1, 0.15) is 37.2 Å². The van der Waals surface area contributed by atoms with Crippen molar-refractivity contribution in [3.05, 3.63) is 84.1 Å². The number of aryl methyl sites for hydroxylation is 1. The van der Waals surface area contributed by atoms with Crippen LogP contribution in [0, 0.1) is 6.92 Å². The van der Waals surface area contributed by atoms with Crippen LogP contribution in [0.4, 0.5) is 0 Å². The van der Waals surface area contributed by atoms with Gasteiger partial charge in [0.15, 0.2) is 11.9 Å². The Morgan fingerprint density at radius 2 is 1.86 bits per heavy atom. The number of ether oxygens (including phenoxy) is 2. The van der Waals surface area contributed by atoms with Crippen molar-refractivity contribution in [3.8, 4) is 17.0 Å². The first-order chi connectivity index (χ1) is 14.1. The zero-order chi connectivity index (χ0) is 20.6. The lowest BCUT2D eigenvalue weighted by Gasteiger charge is -2.18. The predicted octanol–water partition coefficient (Wildman–Crippen LogP) is 5.67. The molecule has 5 nitrogen and oxygen atoms in total. The molecule has 1 aromatic heterocycles. The van der Waals surface area contributed by atoms with Gasteiger partial charge in [0.2, 0.25) is 0 Å². The van der Waals surface area contributed by atoms with Gasteiger partial charge in [-0.3, -0.25) is 0 Å². The van der Waals surface area contributed by atoms with Gasteiger partial charge in [-0.2, -0.15) is 0 Å². The van der Waals surface area contributed by atoms with Gasteiger partial charge in [-0.15, -0.1) is 0 Å². The molecule has 0 fully saturated rings. The first-order valence-corrected chi connectivity index (χ1v) is 9.69. The van der Waals surface area contributed by atoms with E-state index in [1.165, 1.54) is 0 Å². The summed E-state index contributed by atoms with van der Waals surface area (Å²) in [4.78, 5) is 12.5. The monoisotopic (exact) mass is 391 g/mol. The van der Waals surface area contributed by atoms with E-state index in [9.17, 15) is 4.79 Å². The Morgan fingerprint density at radius 1 is 1.14 bits per heavy atom. The van der Waals surface area contributed by atoms with E-state index in [1.807, 2.05) is 56.3 Å². The lowest BCUT2D eigenvalue weighted by atomic mass is 10.1. The average Bonchev–Trinajstić information content (AvgIpc) is 3.23. The number of esters is 1. The third-order valence-electron chi connectivity index (χ3n) is 4.44. The Hall–Kier alpha value is -3.34. The summed E-state index contributed by atoms with van der Waals surface area (Å²) in [6.07, 6.45) is 0.896. The molecule has 3 aromatic rings. The highest BCUT2D eigenvalue weighted by molar-refractivity contribution is 5.89. The summed E-state index contributed by atoms with van der Waals surface area (Å²) < 4.78 is 16.9. The molecule has 0 radical (unpaired) electrons. The Balaban J connectivity index is 1.85. The molecule has 0 N–H and O–H groups in total. The Kier molecular flexibility index (Phi) is 6.85. The maximum absolute atomic E-state index is 12.5. The molecular weight excluding hydrogens is 366 g/mol. The summed E-state index contributed by atoms with van der Waals surface area (Å²) in [7, 11) is 0. The third kappa shape index (κ3) is 5.35. The number of rotatable bonds is 9. The van der Waals surface area contributed by atoms with Crippen LogP contribution in [0.3, 0.4) is 0 Å². The number of benzene rings is 2. The largest absolute Gasteiger partial charge is 0.477 e. The summed E-state index contributed by atoms with van der Waals surface area (Å²) in [6.45, 7) is 8.31. The topological polar surface area (TPSA) is 61.6 Å². The number of hydrogen-bond acceptors (Lipinski definition) is 5. The van der Waals surface area contributed by atoms with Crippen LogP contribution >= 0.6 is 0 Å². The standard InChI is InChI=1S/C24H25NO4/c1-4-5-15-27-24(26)18(3)23(28-20-9-7-6-8-10-20)22-16-21(25-29-22)19-13-11-17(2)12-14-19/h6-14,16,23H,3-5,15H2,1-2H3. The lowest BCUT2D eigenvalue weighted by Crippen LogP contribution is -2.18. The van der Waals surface area contributed by atoms with Gasteiger partial charge in [0.05, 0.1) is 12.2 Å². The van der Waals surface area contributed by atoms with Crippen LogP contribution in [0.5, 0.6) is 5.75 Å². The van der Waals surface area contributed by atoms with Crippen molar-refractivity contribution in [1.29, 1.82) is 0 Å². The molecule has 0 aliphatic carbocycles. The first-order valence-electron chi connectivity index (χ1n) is 9.69. The molecular formula is C24H25NO4. The van der Waals surface area contributed by atoms with Crippen LogP contribution in [-0.4, -0.2) is 17.7 Å². The second-order valence-electron chi connectivity index (χ2n) is 6.81. The van der Waals surface area contributed by atoms with E-state index in [1.54, 1.807) is 18.2 Å². The lowest BCUT2D eigenvalue weighted by molar-refractivity contribution is -0.140. The number of nitrogens with zero attached hydrogens (tertiary/aromatic N) is 1. The van der Waals surface area contributed by atoms with Gasteiger partial charge < -0.3 is 14.0 Å². The molecule has 0 amide bonds. The number of aromatic nitrogens is 1. The summed E-state index contributed by atoms with van der Waals surface area (Å²) >= 11 is 0. The fraction of sp³-hybridized carbons (Fsp3) is 0.250. The second kappa shape index (κ2) is 9.73. The van der Waals surface area contributed by atoms with Gasteiger partial charge in [0.1, 0.15) is 11.4 Å². The molecule has 0 saturated carbocycles. The summed E-state index contributed by atoms with van der Waals surface area (Å²) in [6, 6.07) is 18.9. The molecule has 29 heavy (non-hydrogen) atoms. The van der Waals surface area contributed by atoms with Gasteiger partial charge in [0, 0.05) is 11.6 Å². The Bertz CT molecular complexity index is 945. The molecule has 2 aromatic carbocycles. The third-order valence-corrected chi connectivity index (χ3v) is 4.44. The molecule has 1 unspecified atom stereocenters. The van der Waals surface area contributed by atoms with Crippen molar-refractivity contribution in [2.24, 2.45) is 0 Å². The van der Waals surface area contributed by atoms with Crippen molar-refractivity contribution < 1.29 is 18.8 Å². The van der Waals surface area contributed by atoms with Crippen LogP contribution in [-0.2, 0) is 9.53 Å². The zero-order valence-electron chi connectivity index (χ0n) is 16.8. The normalized spacial score (nSPS) is 11.7. The molecule has 1 heterocycles. The smallest absolute Gasteiger partial charge is 0.337 e. The highest BCUT2D eigenvalue weighted by atomic mass is 16.5. The van der Waals surface area contributed by atoms with Gasteiger partial charge in [0.25, 0.3) is 0 Å². The van der Waals surface area contributed by atoms with Crippen LogP contribution in [0.15, 0.2) is 77.3 Å². The maximum atomic E-state index is 12.5. The van der Waals surface area contributed by atoms with Crippen molar-refractivity contribution >= 4 is 5.97 Å². The van der Waals surface area contributed by atoms with Crippen molar-refractivity contribution in [2.45, 2.75) is 32.8 Å². The van der Waals surface area contributed by atoms with E-state index >= 15 is 0 Å². The van der Waals surface area contributed by atoms with Gasteiger partial charge in [-0.25, -0.2) is 4.79 Å². The molecule has 0 aliphatic rings. The molecule has 0 bridgehead atoms. The number of hydrogen-bond donors (Lipinski definition) is 0. The predicted molar refractivity (Wildman–Crippen MR) is 111 cm³/mol. The van der Waals surface area contributed by atoms with Crippen molar-refractivity contribution in [1.82, 2.24) is 5.16 Å². The molecule has 0 aliphatic heterocycles. The molecule has 5 heteroatoms. The quantitative estimate of drug-likeness (QED) is 0.267. The summed E-state index contributed by atoms with van der Waals surface area (Å²) in [5.74, 6) is 0.475. The van der Waals surface area contributed by atoms with E-state index in [2.05, 4.69) is 11.7 Å². The van der Waals surface area contributed by atoms with Gasteiger partial charge >= 0.3 is 5.97 Å². The van der Waals surface area contributed by atoms with Crippen LogP contribution < -0.4 is 4.74 Å². The fourth-order valence-electron chi connectivity index (χ4n) is 2.72. The highest BCUT2D eigenvalue weighted by Crippen LogP contribution is 2.31. The first kappa shape index (κ1) is 20.4. The molecule has 150 valence electrons. The Morgan fingerprint density at radius 3 is 2.55 bits per heavy atom. The second-order valence-corrected chi connectivity index (χ2v) is 6.81. The summed E-state index contributed by atoms with van der Waals surface area (Å²) in [5, 5.41) is 4.15. The van der Waals surface area contributed by atoms with Crippen LogP contribution in [0.25, 0.3) is 11.3 Å². The zero-order valence-corrected chi connectivity index (χ0v) is 16.8. The Labute approximate surface area is 170 Å². The molecule has 0 spiro atoms. The minimum Gasteiger partial charge on any atom is -0.477 e. The molecule has 3 rings (SSSR count). The SMILES string of the molecule is C=C(C(=O)OCCCC)C(Oc1ccccc1)c1cc(-c2ccc(C)cc2)no1. The minimum atomic E-state index is -0.835. The van der Waals surface area contributed by atoms with Crippen molar-refractivity contribution in [2.75, 3.05) is 6.61 Å². The van der Waals surface area contributed by atoms with Gasteiger partial charge in [-0.1, -0.05) is 73.1 Å². The van der Waals surface area contributed by atoms with Gasteiger partial charge in [-0.05, 0) is 25.5 Å². The highest BCUT2D eigenvalue weighted by Gasteiger charge is 2.28. The van der Waals surface area contributed by atoms with E-state index < -0.39 is 12.1 Å². The fourth-order valence-corrected chi connectivity index (χ4v) is 2.72. The molecule has 1 atom stereocenters. The number of unbranched alkanes of at least 4 members (excludes halogenated alkanes) is 1. The van der Waals surface area contributed by atoms with Crippen molar-refractivity contribution in [3.63, 3.8) is 0 Å². The molecule has 0 saturated heterocycles. The minimum absolute atomic E-state index is 0.163. The number of carbonyl (C=O) groups excluding carboxylic acids is 1.